The van der Waals surface area contributed by atoms with Gasteiger partial charge in [0.25, 0.3) is 17.4 Å². The van der Waals surface area contributed by atoms with Crippen molar-refractivity contribution in [1.29, 1.82) is 0 Å². The lowest BCUT2D eigenvalue weighted by atomic mass is 10.0. The molecule has 22 heavy (non-hydrogen) atoms. The van der Waals surface area contributed by atoms with Gasteiger partial charge in [-0.15, -0.1) is 0 Å². The van der Waals surface area contributed by atoms with Crippen molar-refractivity contribution in [2.24, 2.45) is 0 Å². The van der Waals surface area contributed by atoms with E-state index in [4.69, 9.17) is 4.74 Å². The monoisotopic (exact) mass is 305 g/mol. The Kier molecular flexibility index (Phi) is 4.07. The standard InChI is InChI=1S/C15H19N3O4/c1-9-5-6-11-10(7-9)17-14(21)15(2,22-11)13(20)16-8-12(19)18(3)4/h5-7H,8H2,1-4H3,(H,16,20)(H,17,21). The summed E-state index contributed by atoms with van der Waals surface area (Å²) < 4.78 is 5.59. The number of hydrogen-bond acceptors (Lipinski definition) is 4. The quantitative estimate of drug-likeness (QED) is 0.786. The topological polar surface area (TPSA) is 87.7 Å². The summed E-state index contributed by atoms with van der Waals surface area (Å²) in [5, 5.41) is 5.09. The van der Waals surface area contributed by atoms with Crippen LogP contribution in [0.2, 0.25) is 0 Å². The highest BCUT2D eigenvalue weighted by molar-refractivity contribution is 6.15. The fourth-order valence-electron chi connectivity index (χ4n) is 1.97. The Morgan fingerprint density at radius 1 is 1.36 bits per heavy atom. The third-order valence-electron chi connectivity index (χ3n) is 3.46. The van der Waals surface area contributed by atoms with Crippen LogP contribution < -0.4 is 15.4 Å². The SMILES string of the molecule is Cc1ccc2c(c1)NC(=O)C(C)(C(=O)NCC(=O)N(C)C)O2. The fraction of sp³-hybridized carbons (Fsp3) is 0.400. The summed E-state index contributed by atoms with van der Waals surface area (Å²) in [7, 11) is 3.16. The van der Waals surface area contributed by atoms with E-state index in [9.17, 15) is 14.4 Å². The summed E-state index contributed by atoms with van der Waals surface area (Å²) in [4.78, 5) is 37.4. The van der Waals surface area contributed by atoms with Gasteiger partial charge in [-0.3, -0.25) is 14.4 Å². The largest absolute Gasteiger partial charge is 0.466 e. The average Bonchev–Trinajstić information content (AvgIpc) is 2.45. The first-order valence-corrected chi connectivity index (χ1v) is 6.83. The zero-order valence-corrected chi connectivity index (χ0v) is 13.0. The van der Waals surface area contributed by atoms with Gasteiger partial charge < -0.3 is 20.3 Å². The van der Waals surface area contributed by atoms with E-state index in [1.807, 2.05) is 13.0 Å². The summed E-state index contributed by atoms with van der Waals surface area (Å²) in [6, 6.07) is 5.28. The number of carbonyl (C=O) groups excluding carboxylic acids is 3. The Bertz CT molecular complexity index is 642. The molecule has 0 radical (unpaired) electrons. The van der Waals surface area contributed by atoms with E-state index < -0.39 is 17.4 Å². The first-order valence-electron chi connectivity index (χ1n) is 6.83. The van der Waals surface area contributed by atoms with Gasteiger partial charge in [0.2, 0.25) is 5.91 Å². The van der Waals surface area contributed by atoms with Crippen molar-refractivity contribution in [3.63, 3.8) is 0 Å². The molecule has 1 unspecified atom stereocenters. The second-order valence-corrected chi connectivity index (χ2v) is 5.56. The molecule has 118 valence electrons. The number of benzene rings is 1. The molecule has 0 spiro atoms. The second kappa shape index (κ2) is 5.67. The van der Waals surface area contributed by atoms with Gasteiger partial charge in [-0.1, -0.05) is 6.07 Å². The van der Waals surface area contributed by atoms with E-state index in [2.05, 4.69) is 10.6 Å². The molecule has 1 heterocycles. The molecule has 0 saturated heterocycles. The molecular weight excluding hydrogens is 286 g/mol. The van der Waals surface area contributed by atoms with Crippen molar-refractivity contribution in [3.8, 4) is 5.75 Å². The van der Waals surface area contributed by atoms with Crippen LogP contribution in [0.25, 0.3) is 0 Å². The van der Waals surface area contributed by atoms with Crippen molar-refractivity contribution in [1.82, 2.24) is 10.2 Å². The molecule has 1 aliphatic rings. The highest BCUT2D eigenvalue weighted by Crippen LogP contribution is 2.34. The molecule has 0 aliphatic carbocycles. The number of hydrogen-bond donors (Lipinski definition) is 2. The van der Waals surface area contributed by atoms with E-state index in [1.165, 1.54) is 11.8 Å². The third kappa shape index (κ3) is 2.88. The molecule has 3 amide bonds. The number of carbonyl (C=O) groups is 3. The van der Waals surface area contributed by atoms with E-state index in [0.29, 0.717) is 11.4 Å². The molecule has 7 nitrogen and oxygen atoms in total. The maximum absolute atomic E-state index is 12.3. The maximum atomic E-state index is 12.3. The van der Waals surface area contributed by atoms with E-state index in [1.54, 1.807) is 26.2 Å². The number of ether oxygens (including phenoxy) is 1. The number of rotatable bonds is 3. The van der Waals surface area contributed by atoms with Crippen molar-refractivity contribution in [2.75, 3.05) is 26.0 Å². The first kappa shape index (κ1) is 15.8. The van der Waals surface area contributed by atoms with Gasteiger partial charge >= 0.3 is 0 Å². The van der Waals surface area contributed by atoms with Gasteiger partial charge in [-0.2, -0.15) is 0 Å². The second-order valence-electron chi connectivity index (χ2n) is 5.56. The van der Waals surface area contributed by atoms with Gasteiger partial charge in [0.1, 0.15) is 5.75 Å². The summed E-state index contributed by atoms with van der Waals surface area (Å²) in [5.41, 5.74) is -0.221. The minimum absolute atomic E-state index is 0.196. The van der Waals surface area contributed by atoms with Crippen LogP contribution >= 0.6 is 0 Å². The van der Waals surface area contributed by atoms with E-state index >= 15 is 0 Å². The molecule has 1 aromatic carbocycles. The lowest BCUT2D eigenvalue weighted by Crippen LogP contribution is -2.59. The van der Waals surface area contributed by atoms with Crippen LogP contribution in [0.1, 0.15) is 12.5 Å². The minimum atomic E-state index is -1.71. The molecular formula is C15H19N3O4. The van der Waals surface area contributed by atoms with Crippen LogP contribution in [0.4, 0.5) is 5.69 Å². The molecule has 0 bridgehead atoms. The highest BCUT2D eigenvalue weighted by Gasteiger charge is 2.47. The van der Waals surface area contributed by atoms with Gasteiger partial charge in [-0.05, 0) is 31.5 Å². The molecule has 2 rings (SSSR count). The van der Waals surface area contributed by atoms with Gasteiger partial charge in [0.15, 0.2) is 0 Å². The lowest BCUT2D eigenvalue weighted by molar-refractivity contribution is -0.147. The average molecular weight is 305 g/mol. The van der Waals surface area contributed by atoms with Crippen LogP contribution in [0.3, 0.4) is 0 Å². The highest BCUT2D eigenvalue weighted by atomic mass is 16.5. The molecule has 1 aliphatic heterocycles. The zero-order valence-electron chi connectivity index (χ0n) is 13.0. The molecule has 1 atom stereocenters. The summed E-state index contributed by atoms with van der Waals surface area (Å²) >= 11 is 0. The Labute approximate surface area is 128 Å². The number of anilines is 1. The Balaban J connectivity index is 2.16. The molecule has 0 saturated carbocycles. The van der Waals surface area contributed by atoms with Gasteiger partial charge in [0.05, 0.1) is 12.2 Å². The molecule has 7 heteroatoms. The van der Waals surface area contributed by atoms with E-state index in [-0.39, 0.29) is 12.5 Å². The number of likely N-dealkylation sites (N-methyl/N-ethyl adjacent to an activating group) is 1. The van der Waals surface area contributed by atoms with Crippen LogP contribution in [0.15, 0.2) is 18.2 Å². The number of nitrogens with zero attached hydrogens (tertiary/aromatic N) is 1. The summed E-state index contributed by atoms with van der Waals surface area (Å²) in [5.74, 6) is -1.09. The van der Waals surface area contributed by atoms with Crippen molar-refractivity contribution in [3.05, 3.63) is 23.8 Å². The van der Waals surface area contributed by atoms with Crippen LogP contribution in [-0.4, -0.2) is 48.9 Å². The number of nitrogens with one attached hydrogen (secondary N) is 2. The van der Waals surface area contributed by atoms with Crippen molar-refractivity contribution >= 4 is 23.4 Å². The molecule has 1 aromatic rings. The van der Waals surface area contributed by atoms with Crippen LogP contribution in [-0.2, 0) is 14.4 Å². The normalized spacial score (nSPS) is 19.5. The molecule has 0 fully saturated rings. The fourth-order valence-corrected chi connectivity index (χ4v) is 1.97. The van der Waals surface area contributed by atoms with Crippen molar-refractivity contribution < 1.29 is 19.1 Å². The molecule has 2 N–H and O–H groups in total. The van der Waals surface area contributed by atoms with Crippen LogP contribution in [0, 0.1) is 6.92 Å². The first-order chi connectivity index (χ1) is 10.2. The zero-order chi connectivity index (χ0) is 16.5. The Hall–Kier alpha value is -2.57. The smallest absolute Gasteiger partial charge is 0.278 e. The Morgan fingerprint density at radius 2 is 2.05 bits per heavy atom. The maximum Gasteiger partial charge on any atom is 0.278 e. The predicted molar refractivity (Wildman–Crippen MR) is 80.5 cm³/mol. The number of fused-ring (bicyclic) bond motifs is 1. The Morgan fingerprint density at radius 3 is 2.68 bits per heavy atom. The lowest BCUT2D eigenvalue weighted by Gasteiger charge is -2.33. The predicted octanol–water partition coefficient (Wildman–Crippen LogP) is 0.289. The summed E-state index contributed by atoms with van der Waals surface area (Å²) in [6.07, 6.45) is 0. The van der Waals surface area contributed by atoms with Gasteiger partial charge in [0, 0.05) is 14.1 Å². The van der Waals surface area contributed by atoms with Gasteiger partial charge in [-0.25, -0.2) is 0 Å². The van der Waals surface area contributed by atoms with E-state index in [0.717, 1.165) is 5.56 Å². The van der Waals surface area contributed by atoms with Crippen LogP contribution in [0.5, 0.6) is 5.75 Å². The molecule has 0 aromatic heterocycles. The minimum Gasteiger partial charge on any atom is -0.466 e. The third-order valence-corrected chi connectivity index (χ3v) is 3.46. The number of aryl methyl sites for hydroxylation is 1. The van der Waals surface area contributed by atoms with Crippen molar-refractivity contribution in [2.45, 2.75) is 19.4 Å². The summed E-state index contributed by atoms with van der Waals surface area (Å²) in [6.45, 7) is 3.07. The number of amides is 3.